The number of phenolic OH excluding ortho intramolecular Hbond substituents is 1. The lowest BCUT2D eigenvalue weighted by atomic mass is 10.1. The summed E-state index contributed by atoms with van der Waals surface area (Å²) in [5, 5.41) is 17.0. The molecule has 2 heterocycles. The number of para-hydroxylation sites is 1. The van der Waals surface area contributed by atoms with Gasteiger partial charge in [0, 0.05) is 14.1 Å². The number of anilines is 3. The van der Waals surface area contributed by atoms with Crippen LogP contribution in [0, 0.1) is 0 Å². The molecular weight excluding hydrogens is 402 g/mol. The second kappa shape index (κ2) is 9.17. The van der Waals surface area contributed by atoms with Crippen LogP contribution in [-0.4, -0.2) is 38.8 Å². The second-order valence-corrected chi connectivity index (χ2v) is 8.06. The Morgan fingerprint density at radius 3 is 2.63 bits per heavy atom. The number of nitrogens with one attached hydrogen (secondary N) is 2. The van der Waals surface area contributed by atoms with Crippen molar-refractivity contribution in [3.8, 4) is 5.75 Å². The maximum atomic E-state index is 12.3. The molecule has 0 radical (unpaired) electrons. The summed E-state index contributed by atoms with van der Waals surface area (Å²) in [5.41, 5.74) is 1.74. The number of amides is 1. The highest BCUT2D eigenvalue weighted by molar-refractivity contribution is 6.99. The van der Waals surface area contributed by atoms with Crippen LogP contribution in [0.1, 0.15) is 60.8 Å². The lowest BCUT2D eigenvalue weighted by molar-refractivity contribution is 0.0824. The predicted molar refractivity (Wildman–Crippen MR) is 119 cm³/mol. The third kappa shape index (κ3) is 4.56. The Balaban J connectivity index is 1.82. The van der Waals surface area contributed by atoms with Gasteiger partial charge in [-0.1, -0.05) is 26.8 Å². The van der Waals surface area contributed by atoms with Crippen molar-refractivity contribution >= 4 is 35.0 Å². The molecule has 1 atom stereocenters. The monoisotopic (exact) mass is 429 g/mol. The summed E-state index contributed by atoms with van der Waals surface area (Å²) in [6, 6.07) is 6.95. The molecule has 0 aliphatic rings. The van der Waals surface area contributed by atoms with Gasteiger partial charge in [-0.25, -0.2) is 0 Å². The van der Waals surface area contributed by atoms with Crippen LogP contribution in [0.5, 0.6) is 5.75 Å². The van der Waals surface area contributed by atoms with Crippen LogP contribution in [0.2, 0.25) is 0 Å². The fourth-order valence-corrected chi connectivity index (χ4v) is 3.42. The zero-order valence-electron chi connectivity index (χ0n) is 17.8. The Bertz CT molecular complexity index is 1010. The fraction of sp³-hybridized carbons (Fsp3) is 0.381. The molecule has 3 N–H and O–H groups in total. The maximum Gasteiger partial charge on any atom is 0.257 e. The largest absolute Gasteiger partial charge is 0.505 e. The second-order valence-electron chi connectivity index (χ2n) is 7.53. The van der Waals surface area contributed by atoms with Crippen LogP contribution >= 0.6 is 11.7 Å². The highest BCUT2D eigenvalue weighted by Crippen LogP contribution is 2.34. The van der Waals surface area contributed by atoms with Gasteiger partial charge in [0.15, 0.2) is 17.4 Å². The average molecular weight is 430 g/mol. The summed E-state index contributed by atoms with van der Waals surface area (Å²) in [5.74, 6) is 1.84. The van der Waals surface area contributed by atoms with Gasteiger partial charge >= 0.3 is 0 Å². The Morgan fingerprint density at radius 2 is 2.00 bits per heavy atom. The van der Waals surface area contributed by atoms with Crippen LogP contribution in [0.4, 0.5) is 17.3 Å². The molecule has 0 aliphatic heterocycles. The van der Waals surface area contributed by atoms with E-state index in [1.165, 1.54) is 4.90 Å². The molecule has 0 unspecified atom stereocenters. The standard InChI is InChI=1S/C21H27N5O3S/c1-6-15(17-10-13(11-29-17)12(2)3)22-19-20(25-30-24-19)23-16-9-7-8-14(18(16)27)21(28)26(4)5/h7-12,15,27H,6H2,1-5H3,(H,22,24)(H,23,25)/t15-/m1/s1. The minimum atomic E-state index is -0.282. The number of furan rings is 1. The molecule has 9 heteroatoms. The number of rotatable bonds is 8. The quantitative estimate of drug-likeness (QED) is 0.434. The van der Waals surface area contributed by atoms with E-state index in [1.807, 2.05) is 0 Å². The van der Waals surface area contributed by atoms with E-state index in [0.717, 1.165) is 29.5 Å². The molecule has 0 spiro atoms. The van der Waals surface area contributed by atoms with E-state index in [1.54, 1.807) is 38.6 Å². The zero-order chi connectivity index (χ0) is 21.8. The van der Waals surface area contributed by atoms with Gasteiger partial charge < -0.3 is 25.1 Å². The molecule has 1 aromatic carbocycles. The molecule has 0 saturated heterocycles. The van der Waals surface area contributed by atoms with E-state index >= 15 is 0 Å². The van der Waals surface area contributed by atoms with Crippen LogP contribution in [0.25, 0.3) is 0 Å². The van der Waals surface area contributed by atoms with Crippen molar-refractivity contribution in [2.75, 3.05) is 24.7 Å². The number of carbonyl (C=O) groups excluding carboxylic acids is 1. The lowest BCUT2D eigenvalue weighted by Crippen LogP contribution is -2.21. The molecule has 2 aromatic heterocycles. The minimum Gasteiger partial charge on any atom is -0.505 e. The van der Waals surface area contributed by atoms with E-state index in [0.29, 0.717) is 23.2 Å². The fourth-order valence-electron chi connectivity index (χ4n) is 2.94. The van der Waals surface area contributed by atoms with Crippen molar-refractivity contribution in [3.63, 3.8) is 0 Å². The minimum absolute atomic E-state index is 0.0720. The number of aromatic hydroxyl groups is 1. The summed E-state index contributed by atoms with van der Waals surface area (Å²) in [7, 11) is 3.27. The molecule has 1 amide bonds. The summed E-state index contributed by atoms with van der Waals surface area (Å²) in [6.45, 7) is 6.30. The molecule has 3 rings (SSSR count). The van der Waals surface area contributed by atoms with E-state index in [4.69, 9.17) is 4.42 Å². The molecular formula is C21H27N5O3S. The van der Waals surface area contributed by atoms with Gasteiger partial charge in [0.25, 0.3) is 5.91 Å². The van der Waals surface area contributed by atoms with Crippen molar-refractivity contribution in [3.05, 3.63) is 47.4 Å². The van der Waals surface area contributed by atoms with Crippen LogP contribution in [0.15, 0.2) is 34.9 Å². The van der Waals surface area contributed by atoms with Crippen LogP contribution in [0.3, 0.4) is 0 Å². The van der Waals surface area contributed by atoms with Gasteiger partial charge in [-0.3, -0.25) is 4.79 Å². The summed E-state index contributed by atoms with van der Waals surface area (Å²) < 4.78 is 14.4. The first-order chi connectivity index (χ1) is 14.3. The summed E-state index contributed by atoms with van der Waals surface area (Å²) in [6.07, 6.45) is 2.58. The Labute approximate surface area is 180 Å². The van der Waals surface area contributed by atoms with Gasteiger partial charge in [-0.05, 0) is 36.1 Å². The number of phenols is 1. The number of carbonyl (C=O) groups is 1. The predicted octanol–water partition coefficient (Wildman–Crippen LogP) is 4.97. The Hall–Kier alpha value is -3.07. The molecule has 30 heavy (non-hydrogen) atoms. The van der Waals surface area contributed by atoms with Gasteiger partial charge in [0.1, 0.15) is 5.76 Å². The van der Waals surface area contributed by atoms with E-state index in [2.05, 4.69) is 46.2 Å². The third-order valence-electron chi connectivity index (χ3n) is 4.78. The van der Waals surface area contributed by atoms with Crippen molar-refractivity contribution in [1.82, 2.24) is 13.6 Å². The molecule has 3 aromatic rings. The number of nitrogens with zero attached hydrogens (tertiary/aromatic N) is 3. The molecule has 0 bridgehead atoms. The first-order valence-electron chi connectivity index (χ1n) is 9.79. The van der Waals surface area contributed by atoms with E-state index in [9.17, 15) is 9.90 Å². The number of hydrogen-bond acceptors (Lipinski definition) is 8. The van der Waals surface area contributed by atoms with Crippen molar-refractivity contribution in [2.45, 2.75) is 39.2 Å². The van der Waals surface area contributed by atoms with E-state index < -0.39 is 0 Å². The smallest absolute Gasteiger partial charge is 0.257 e. The van der Waals surface area contributed by atoms with Crippen LogP contribution in [-0.2, 0) is 0 Å². The first kappa shape index (κ1) is 21.6. The highest BCUT2D eigenvalue weighted by atomic mass is 32.1. The lowest BCUT2D eigenvalue weighted by Gasteiger charge is -2.16. The number of aromatic nitrogens is 2. The third-order valence-corrected chi connectivity index (χ3v) is 5.31. The maximum absolute atomic E-state index is 12.3. The molecule has 0 saturated carbocycles. The highest BCUT2D eigenvalue weighted by Gasteiger charge is 2.21. The van der Waals surface area contributed by atoms with Gasteiger partial charge in [-0.15, -0.1) is 0 Å². The average Bonchev–Trinajstić information content (AvgIpc) is 3.37. The van der Waals surface area contributed by atoms with Crippen molar-refractivity contribution in [2.24, 2.45) is 0 Å². The topological polar surface area (TPSA) is 104 Å². The normalized spacial score (nSPS) is 12.1. The zero-order valence-corrected chi connectivity index (χ0v) is 18.6. The van der Waals surface area contributed by atoms with Crippen LogP contribution < -0.4 is 10.6 Å². The molecule has 0 aliphatic carbocycles. The summed E-state index contributed by atoms with van der Waals surface area (Å²) in [4.78, 5) is 13.7. The van der Waals surface area contributed by atoms with Crippen molar-refractivity contribution < 1.29 is 14.3 Å². The van der Waals surface area contributed by atoms with Gasteiger partial charge in [0.05, 0.1) is 35.3 Å². The van der Waals surface area contributed by atoms with E-state index in [-0.39, 0.29) is 23.3 Å². The SMILES string of the molecule is CC[C@@H](Nc1nsnc1Nc1cccc(C(=O)N(C)C)c1O)c1cc(C(C)C)co1. The Kier molecular flexibility index (Phi) is 6.61. The van der Waals surface area contributed by atoms with Gasteiger partial charge in [-0.2, -0.15) is 8.75 Å². The Morgan fingerprint density at radius 1 is 1.27 bits per heavy atom. The number of hydrogen-bond donors (Lipinski definition) is 3. The van der Waals surface area contributed by atoms with Gasteiger partial charge in [0.2, 0.25) is 0 Å². The first-order valence-corrected chi connectivity index (χ1v) is 10.5. The molecule has 8 nitrogen and oxygen atoms in total. The van der Waals surface area contributed by atoms with Crippen molar-refractivity contribution in [1.29, 1.82) is 0 Å². The molecule has 160 valence electrons. The summed E-state index contributed by atoms with van der Waals surface area (Å²) >= 11 is 1.05. The number of benzene rings is 1. The molecule has 0 fully saturated rings.